The van der Waals surface area contributed by atoms with Gasteiger partial charge in [0, 0.05) is 22.9 Å². The normalized spacial score (nSPS) is 12.3. The fourth-order valence-electron chi connectivity index (χ4n) is 2.33. The minimum Gasteiger partial charge on any atom is -0.313 e. The van der Waals surface area contributed by atoms with E-state index in [4.69, 9.17) is 0 Å². The van der Waals surface area contributed by atoms with E-state index in [1.165, 1.54) is 11.6 Å². The van der Waals surface area contributed by atoms with Gasteiger partial charge in [-0.25, -0.2) is 4.39 Å². The summed E-state index contributed by atoms with van der Waals surface area (Å²) in [5.74, 6) is -0.146. The van der Waals surface area contributed by atoms with Gasteiger partial charge in [0.2, 0.25) is 0 Å². The van der Waals surface area contributed by atoms with Crippen molar-refractivity contribution < 1.29 is 4.39 Å². The van der Waals surface area contributed by atoms with E-state index in [0.717, 1.165) is 29.4 Å². The van der Waals surface area contributed by atoms with E-state index >= 15 is 0 Å². The summed E-state index contributed by atoms with van der Waals surface area (Å²) in [6, 6.07) is 9.31. The van der Waals surface area contributed by atoms with Crippen molar-refractivity contribution in [2.45, 2.75) is 32.2 Å². The fraction of sp³-hybridized carbons (Fsp3) is 0.353. The van der Waals surface area contributed by atoms with Crippen molar-refractivity contribution in [3.63, 3.8) is 0 Å². The Hall–Kier alpha value is -1.26. The Labute approximate surface area is 133 Å². The molecule has 0 radical (unpaired) electrons. The van der Waals surface area contributed by atoms with E-state index in [1.54, 1.807) is 12.3 Å². The number of halogens is 2. The molecule has 0 bridgehead atoms. The lowest BCUT2D eigenvalue weighted by Crippen LogP contribution is -2.34. The summed E-state index contributed by atoms with van der Waals surface area (Å²) in [6.07, 6.45) is 6.22. The molecule has 2 nitrogen and oxygen atoms in total. The molecule has 1 aromatic carbocycles. The van der Waals surface area contributed by atoms with Crippen LogP contribution in [-0.2, 0) is 12.8 Å². The summed E-state index contributed by atoms with van der Waals surface area (Å²) in [6.45, 7) is 3.06. The van der Waals surface area contributed by atoms with Crippen molar-refractivity contribution in [2.75, 3.05) is 6.54 Å². The zero-order valence-corrected chi connectivity index (χ0v) is 13.7. The number of hydrogen-bond acceptors (Lipinski definition) is 2. The third-order valence-electron chi connectivity index (χ3n) is 3.36. The third kappa shape index (κ3) is 5.21. The lowest BCUT2D eigenvalue weighted by molar-refractivity contribution is 0.492. The standard InChI is InChI=1S/C17H20BrFN2/c1-2-7-21-16(9-13-4-3-8-20-12-13)11-14-10-15(18)5-6-17(14)19/h3-6,8,10,12,16,21H,2,7,9,11H2,1H3. The summed E-state index contributed by atoms with van der Waals surface area (Å²) in [5, 5.41) is 3.50. The van der Waals surface area contributed by atoms with Crippen molar-refractivity contribution in [1.82, 2.24) is 10.3 Å². The van der Waals surface area contributed by atoms with Gasteiger partial charge in [0.15, 0.2) is 0 Å². The predicted molar refractivity (Wildman–Crippen MR) is 87.8 cm³/mol. The molecule has 1 atom stereocenters. The van der Waals surface area contributed by atoms with Gasteiger partial charge in [0.25, 0.3) is 0 Å². The number of pyridine rings is 1. The average molecular weight is 351 g/mol. The molecule has 2 rings (SSSR count). The predicted octanol–water partition coefficient (Wildman–Crippen LogP) is 4.14. The summed E-state index contributed by atoms with van der Waals surface area (Å²) < 4.78 is 14.8. The number of hydrogen-bond donors (Lipinski definition) is 1. The van der Waals surface area contributed by atoms with Crippen LogP contribution in [-0.4, -0.2) is 17.6 Å². The van der Waals surface area contributed by atoms with Crippen LogP contribution in [0.15, 0.2) is 47.2 Å². The molecule has 1 unspecified atom stereocenters. The molecule has 4 heteroatoms. The molecule has 0 spiro atoms. The average Bonchev–Trinajstić information content (AvgIpc) is 2.49. The Morgan fingerprint density at radius 1 is 1.29 bits per heavy atom. The van der Waals surface area contributed by atoms with Gasteiger partial charge in [-0.05, 0) is 61.2 Å². The van der Waals surface area contributed by atoms with Crippen LogP contribution in [0.2, 0.25) is 0 Å². The van der Waals surface area contributed by atoms with Crippen molar-refractivity contribution in [3.05, 3.63) is 64.1 Å². The minimum absolute atomic E-state index is 0.146. The van der Waals surface area contributed by atoms with E-state index in [2.05, 4.69) is 39.2 Å². The Morgan fingerprint density at radius 3 is 2.86 bits per heavy atom. The molecule has 2 aromatic rings. The first-order valence-electron chi connectivity index (χ1n) is 7.25. The molecule has 21 heavy (non-hydrogen) atoms. The van der Waals surface area contributed by atoms with E-state index in [-0.39, 0.29) is 11.9 Å². The second-order valence-corrected chi connectivity index (χ2v) is 6.07. The van der Waals surface area contributed by atoms with Crippen LogP contribution in [0.4, 0.5) is 4.39 Å². The van der Waals surface area contributed by atoms with Gasteiger partial charge in [-0.3, -0.25) is 4.98 Å². The molecule has 0 aliphatic carbocycles. The molecule has 0 saturated heterocycles. The maximum Gasteiger partial charge on any atom is 0.126 e. The highest BCUT2D eigenvalue weighted by Gasteiger charge is 2.13. The Balaban J connectivity index is 2.10. The zero-order chi connectivity index (χ0) is 15.1. The fourth-order valence-corrected chi connectivity index (χ4v) is 2.74. The van der Waals surface area contributed by atoms with Gasteiger partial charge in [0.05, 0.1) is 0 Å². The Kier molecular flexibility index (Phi) is 6.33. The van der Waals surface area contributed by atoms with Crippen molar-refractivity contribution in [2.24, 2.45) is 0 Å². The summed E-state index contributed by atoms with van der Waals surface area (Å²) in [4.78, 5) is 4.15. The number of rotatable bonds is 7. The highest BCUT2D eigenvalue weighted by Crippen LogP contribution is 2.18. The number of aromatic nitrogens is 1. The molecule has 0 aliphatic rings. The minimum atomic E-state index is -0.146. The molecular formula is C17H20BrFN2. The summed E-state index contributed by atoms with van der Waals surface area (Å²) in [5.41, 5.74) is 1.91. The number of benzene rings is 1. The van der Waals surface area contributed by atoms with Crippen LogP contribution >= 0.6 is 15.9 Å². The van der Waals surface area contributed by atoms with Crippen molar-refractivity contribution in [3.8, 4) is 0 Å². The second kappa shape index (κ2) is 8.25. The summed E-state index contributed by atoms with van der Waals surface area (Å²) >= 11 is 3.41. The monoisotopic (exact) mass is 350 g/mol. The van der Waals surface area contributed by atoms with Gasteiger partial charge < -0.3 is 5.32 Å². The smallest absolute Gasteiger partial charge is 0.126 e. The Bertz CT molecular complexity index is 560. The maximum atomic E-state index is 13.9. The van der Waals surface area contributed by atoms with Crippen LogP contribution < -0.4 is 5.32 Å². The van der Waals surface area contributed by atoms with Crippen LogP contribution in [0.25, 0.3) is 0 Å². The topological polar surface area (TPSA) is 24.9 Å². The first-order valence-corrected chi connectivity index (χ1v) is 8.04. The van der Waals surface area contributed by atoms with Gasteiger partial charge in [-0.1, -0.05) is 28.9 Å². The van der Waals surface area contributed by atoms with Gasteiger partial charge in [0.1, 0.15) is 5.82 Å². The van der Waals surface area contributed by atoms with Crippen molar-refractivity contribution in [1.29, 1.82) is 0 Å². The molecule has 0 amide bonds. The second-order valence-electron chi connectivity index (χ2n) is 5.16. The third-order valence-corrected chi connectivity index (χ3v) is 3.86. The lowest BCUT2D eigenvalue weighted by Gasteiger charge is -2.19. The SMILES string of the molecule is CCCNC(Cc1cccnc1)Cc1cc(Br)ccc1F. The molecule has 1 N–H and O–H groups in total. The van der Waals surface area contributed by atoms with Crippen LogP contribution in [0.5, 0.6) is 0 Å². The first kappa shape index (κ1) is 16.1. The summed E-state index contributed by atoms with van der Waals surface area (Å²) in [7, 11) is 0. The highest BCUT2D eigenvalue weighted by atomic mass is 79.9. The number of nitrogens with zero attached hydrogens (tertiary/aromatic N) is 1. The zero-order valence-electron chi connectivity index (χ0n) is 12.2. The van der Waals surface area contributed by atoms with Gasteiger partial charge in [-0.15, -0.1) is 0 Å². The quantitative estimate of drug-likeness (QED) is 0.811. The molecule has 1 aromatic heterocycles. The van der Waals surface area contributed by atoms with Crippen LogP contribution in [0, 0.1) is 5.82 Å². The van der Waals surface area contributed by atoms with Crippen LogP contribution in [0.1, 0.15) is 24.5 Å². The van der Waals surface area contributed by atoms with Crippen molar-refractivity contribution >= 4 is 15.9 Å². The Morgan fingerprint density at radius 2 is 2.14 bits per heavy atom. The van der Waals surface area contributed by atoms with E-state index in [0.29, 0.717) is 6.42 Å². The van der Waals surface area contributed by atoms with E-state index < -0.39 is 0 Å². The van der Waals surface area contributed by atoms with Gasteiger partial charge in [-0.2, -0.15) is 0 Å². The largest absolute Gasteiger partial charge is 0.313 e. The molecule has 0 fully saturated rings. The first-order chi connectivity index (χ1) is 10.2. The lowest BCUT2D eigenvalue weighted by atomic mass is 9.99. The molecule has 1 heterocycles. The maximum absolute atomic E-state index is 13.9. The van der Waals surface area contributed by atoms with E-state index in [9.17, 15) is 4.39 Å². The number of nitrogens with one attached hydrogen (secondary N) is 1. The van der Waals surface area contributed by atoms with Gasteiger partial charge >= 0.3 is 0 Å². The van der Waals surface area contributed by atoms with Crippen LogP contribution in [0.3, 0.4) is 0 Å². The molecular weight excluding hydrogens is 331 g/mol. The molecule has 112 valence electrons. The van der Waals surface area contributed by atoms with E-state index in [1.807, 2.05) is 18.3 Å². The molecule has 0 saturated carbocycles. The molecule has 0 aliphatic heterocycles. The highest BCUT2D eigenvalue weighted by molar-refractivity contribution is 9.10.